The molecule has 0 bridgehead atoms. The summed E-state index contributed by atoms with van der Waals surface area (Å²) in [5.41, 5.74) is 1.43. The SMILES string of the molecule is C=CCn1c(SCc2ccccc2F)nc2scc(-c3cccs3)c2c1=O. The lowest BCUT2D eigenvalue weighted by atomic mass is 10.2. The van der Waals surface area contributed by atoms with Crippen LogP contribution in [0.15, 0.2) is 69.8 Å². The van der Waals surface area contributed by atoms with E-state index in [1.807, 2.05) is 22.9 Å². The molecule has 27 heavy (non-hydrogen) atoms. The lowest BCUT2D eigenvalue weighted by Gasteiger charge is -2.11. The molecule has 3 nitrogen and oxygen atoms in total. The number of rotatable bonds is 6. The summed E-state index contributed by atoms with van der Waals surface area (Å²) in [5, 5.41) is 5.19. The van der Waals surface area contributed by atoms with Crippen LogP contribution in [0.5, 0.6) is 0 Å². The van der Waals surface area contributed by atoms with Gasteiger partial charge in [0, 0.05) is 28.1 Å². The minimum atomic E-state index is -0.250. The number of hydrogen-bond acceptors (Lipinski definition) is 5. The number of allylic oxidation sites excluding steroid dienone is 1. The highest BCUT2D eigenvalue weighted by Crippen LogP contribution is 2.35. The predicted octanol–water partition coefficient (Wildman–Crippen LogP) is 5.80. The summed E-state index contributed by atoms with van der Waals surface area (Å²) >= 11 is 4.42. The third-order valence-corrected chi connectivity index (χ3v) is 6.87. The molecule has 0 saturated heterocycles. The van der Waals surface area contributed by atoms with Crippen LogP contribution >= 0.6 is 34.4 Å². The maximum atomic E-state index is 13.9. The molecule has 0 aliphatic heterocycles. The van der Waals surface area contributed by atoms with Gasteiger partial charge in [-0.1, -0.05) is 42.1 Å². The highest BCUT2D eigenvalue weighted by molar-refractivity contribution is 7.98. The standard InChI is InChI=1S/C20H15FN2OS3/c1-2-9-23-19(24)17-14(16-8-5-10-25-16)12-26-18(17)22-20(23)27-11-13-6-3-4-7-15(13)21/h2-8,10,12H,1,9,11H2. The zero-order chi connectivity index (χ0) is 18.8. The normalized spacial score (nSPS) is 11.1. The minimum Gasteiger partial charge on any atom is -0.283 e. The molecule has 3 heterocycles. The molecule has 0 saturated carbocycles. The molecule has 0 spiro atoms. The van der Waals surface area contributed by atoms with Crippen LogP contribution in [0.4, 0.5) is 4.39 Å². The van der Waals surface area contributed by atoms with Gasteiger partial charge in [-0.25, -0.2) is 9.37 Å². The van der Waals surface area contributed by atoms with Crippen molar-refractivity contribution in [3.05, 3.63) is 81.5 Å². The van der Waals surface area contributed by atoms with Crippen LogP contribution < -0.4 is 5.56 Å². The van der Waals surface area contributed by atoms with Gasteiger partial charge in [0.15, 0.2) is 5.16 Å². The van der Waals surface area contributed by atoms with Gasteiger partial charge in [-0.15, -0.1) is 29.3 Å². The topological polar surface area (TPSA) is 34.9 Å². The second kappa shape index (κ2) is 7.80. The first-order chi connectivity index (χ1) is 13.2. The molecule has 136 valence electrons. The lowest BCUT2D eigenvalue weighted by Crippen LogP contribution is -2.22. The van der Waals surface area contributed by atoms with E-state index in [0.717, 1.165) is 10.4 Å². The molecular formula is C20H15FN2OS3. The number of hydrogen-bond donors (Lipinski definition) is 0. The molecule has 0 amide bonds. The van der Waals surface area contributed by atoms with E-state index in [-0.39, 0.29) is 11.4 Å². The van der Waals surface area contributed by atoms with Gasteiger partial charge in [0.25, 0.3) is 5.56 Å². The third kappa shape index (κ3) is 3.50. The molecule has 4 rings (SSSR count). The number of thioether (sulfide) groups is 1. The van der Waals surface area contributed by atoms with Crippen LogP contribution in [-0.4, -0.2) is 9.55 Å². The molecular weight excluding hydrogens is 399 g/mol. The number of aromatic nitrogens is 2. The van der Waals surface area contributed by atoms with Crippen LogP contribution in [0.25, 0.3) is 20.7 Å². The predicted molar refractivity (Wildman–Crippen MR) is 113 cm³/mol. The van der Waals surface area contributed by atoms with Crippen molar-refractivity contribution in [1.82, 2.24) is 9.55 Å². The molecule has 0 radical (unpaired) electrons. The minimum absolute atomic E-state index is 0.0828. The average Bonchev–Trinajstić information content (AvgIpc) is 3.33. The van der Waals surface area contributed by atoms with Gasteiger partial charge in [-0.2, -0.15) is 0 Å². The maximum Gasteiger partial charge on any atom is 0.263 e. The first kappa shape index (κ1) is 18.2. The van der Waals surface area contributed by atoms with E-state index in [2.05, 4.69) is 6.58 Å². The highest BCUT2D eigenvalue weighted by atomic mass is 32.2. The Morgan fingerprint density at radius 1 is 1.22 bits per heavy atom. The highest BCUT2D eigenvalue weighted by Gasteiger charge is 2.17. The van der Waals surface area contributed by atoms with Crippen LogP contribution in [0, 0.1) is 5.82 Å². The van der Waals surface area contributed by atoms with Crippen molar-refractivity contribution in [3.63, 3.8) is 0 Å². The Balaban J connectivity index is 1.79. The Labute approximate surface area is 167 Å². The van der Waals surface area contributed by atoms with E-state index in [9.17, 15) is 9.18 Å². The third-order valence-electron chi connectivity index (χ3n) is 4.07. The van der Waals surface area contributed by atoms with Gasteiger partial charge in [-0.3, -0.25) is 9.36 Å². The van der Waals surface area contributed by atoms with E-state index in [4.69, 9.17) is 4.98 Å². The first-order valence-electron chi connectivity index (χ1n) is 8.22. The molecule has 0 unspecified atom stereocenters. The van der Waals surface area contributed by atoms with Crippen LogP contribution in [0.2, 0.25) is 0 Å². The van der Waals surface area contributed by atoms with Gasteiger partial charge < -0.3 is 0 Å². The summed E-state index contributed by atoms with van der Waals surface area (Å²) in [6, 6.07) is 10.6. The summed E-state index contributed by atoms with van der Waals surface area (Å²) in [7, 11) is 0. The Morgan fingerprint density at radius 2 is 2.07 bits per heavy atom. The number of benzene rings is 1. The number of nitrogens with zero attached hydrogens (tertiary/aromatic N) is 2. The summed E-state index contributed by atoms with van der Waals surface area (Å²) in [6.45, 7) is 4.12. The summed E-state index contributed by atoms with van der Waals surface area (Å²) in [5.74, 6) is 0.157. The van der Waals surface area contributed by atoms with Crippen molar-refractivity contribution < 1.29 is 4.39 Å². The summed E-state index contributed by atoms with van der Waals surface area (Å²) < 4.78 is 15.5. The van der Waals surface area contributed by atoms with Gasteiger partial charge in [0.1, 0.15) is 10.6 Å². The Morgan fingerprint density at radius 3 is 2.81 bits per heavy atom. The summed E-state index contributed by atoms with van der Waals surface area (Å²) in [6.07, 6.45) is 1.68. The largest absolute Gasteiger partial charge is 0.283 e. The quantitative estimate of drug-likeness (QED) is 0.227. The Kier molecular flexibility index (Phi) is 5.24. The fourth-order valence-electron chi connectivity index (χ4n) is 2.78. The molecule has 0 aliphatic rings. The zero-order valence-corrected chi connectivity index (χ0v) is 16.7. The number of thiophene rings is 2. The van der Waals surface area contributed by atoms with Crippen molar-refractivity contribution in [2.24, 2.45) is 0 Å². The van der Waals surface area contributed by atoms with Crippen LogP contribution in [0.3, 0.4) is 0 Å². The second-order valence-electron chi connectivity index (χ2n) is 5.79. The van der Waals surface area contributed by atoms with Crippen molar-refractivity contribution >= 4 is 44.7 Å². The van der Waals surface area contributed by atoms with E-state index >= 15 is 0 Å². The smallest absolute Gasteiger partial charge is 0.263 e. The van der Waals surface area contributed by atoms with E-state index < -0.39 is 0 Å². The second-order valence-corrected chi connectivity index (χ2v) is 8.53. The molecule has 0 aliphatic carbocycles. The molecule has 0 fully saturated rings. The van der Waals surface area contributed by atoms with Gasteiger partial charge >= 0.3 is 0 Å². The van der Waals surface area contributed by atoms with Gasteiger partial charge in [0.2, 0.25) is 0 Å². The molecule has 0 N–H and O–H groups in total. The average molecular weight is 415 g/mol. The fraction of sp³-hybridized carbons (Fsp3) is 0.100. The molecule has 0 atom stereocenters. The van der Waals surface area contributed by atoms with Crippen LogP contribution in [-0.2, 0) is 12.3 Å². The van der Waals surface area contributed by atoms with Crippen molar-refractivity contribution in [3.8, 4) is 10.4 Å². The maximum absolute atomic E-state index is 13.9. The van der Waals surface area contributed by atoms with E-state index in [0.29, 0.717) is 33.2 Å². The molecule has 3 aromatic heterocycles. The Hall–Kier alpha value is -2.22. The van der Waals surface area contributed by atoms with Crippen molar-refractivity contribution in [2.75, 3.05) is 0 Å². The summed E-state index contributed by atoms with van der Waals surface area (Å²) in [4.78, 5) is 19.7. The van der Waals surface area contributed by atoms with Gasteiger partial charge in [0.05, 0.1) is 5.39 Å². The first-order valence-corrected chi connectivity index (χ1v) is 11.0. The van der Waals surface area contributed by atoms with E-state index in [1.54, 1.807) is 40.2 Å². The van der Waals surface area contributed by atoms with Gasteiger partial charge in [-0.05, 0) is 23.1 Å². The molecule has 4 aromatic rings. The monoisotopic (exact) mass is 414 g/mol. The molecule has 1 aromatic carbocycles. The van der Waals surface area contributed by atoms with Crippen molar-refractivity contribution in [2.45, 2.75) is 17.5 Å². The fourth-order valence-corrected chi connectivity index (χ4v) is 5.57. The number of fused-ring (bicyclic) bond motifs is 1. The van der Waals surface area contributed by atoms with Crippen LogP contribution in [0.1, 0.15) is 5.56 Å². The van der Waals surface area contributed by atoms with Crippen molar-refractivity contribution in [1.29, 1.82) is 0 Å². The Bertz CT molecular complexity index is 1160. The lowest BCUT2D eigenvalue weighted by molar-refractivity contribution is 0.617. The van der Waals surface area contributed by atoms with E-state index in [1.165, 1.54) is 29.2 Å². The number of halogens is 1. The molecule has 7 heteroatoms. The zero-order valence-electron chi connectivity index (χ0n) is 14.2.